The van der Waals surface area contributed by atoms with Crippen molar-refractivity contribution in [2.24, 2.45) is 5.92 Å². The van der Waals surface area contributed by atoms with Gasteiger partial charge in [-0.25, -0.2) is 0 Å². The molecule has 18 heavy (non-hydrogen) atoms. The number of Topliss-reactive ketones (excluding diaryl/α,β-unsaturated/α-hetero) is 1. The lowest BCUT2D eigenvalue weighted by molar-refractivity contribution is -0.132. The van der Waals surface area contributed by atoms with Gasteiger partial charge < -0.3 is 0 Å². The van der Waals surface area contributed by atoms with Crippen LogP contribution in [0.3, 0.4) is 0 Å². The zero-order valence-electron chi connectivity index (χ0n) is 10.0. The van der Waals surface area contributed by atoms with Gasteiger partial charge in [0.25, 0.3) is 0 Å². The first-order chi connectivity index (χ1) is 8.63. The van der Waals surface area contributed by atoms with Crippen molar-refractivity contribution in [3.05, 3.63) is 33.8 Å². The summed E-state index contributed by atoms with van der Waals surface area (Å²) in [4.78, 5) is 14.1. The molecule has 4 rings (SSSR count). The lowest BCUT2D eigenvalue weighted by Crippen LogP contribution is -2.51. The molecule has 2 unspecified atom stereocenters. The van der Waals surface area contributed by atoms with Gasteiger partial charge in [-0.1, -0.05) is 29.3 Å². The van der Waals surface area contributed by atoms with Gasteiger partial charge in [-0.2, -0.15) is 0 Å². The number of carbonyl (C=O) groups is 1. The maximum atomic E-state index is 11.7. The van der Waals surface area contributed by atoms with Crippen molar-refractivity contribution in [1.82, 2.24) is 4.90 Å². The normalized spacial score (nSPS) is 27.8. The van der Waals surface area contributed by atoms with E-state index in [4.69, 9.17) is 23.2 Å². The Morgan fingerprint density at radius 2 is 2.06 bits per heavy atom. The monoisotopic (exact) mass is 283 g/mol. The molecule has 1 aliphatic carbocycles. The van der Waals surface area contributed by atoms with E-state index in [1.807, 2.05) is 18.2 Å². The smallest absolute Gasteiger partial charge is 0.138 e. The fourth-order valence-corrected chi connectivity index (χ4v) is 3.38. The van der Waals surface area contributed by atoms with Gasteiger partial charge in [-0.15, -0.1) is 0 Å². The maximum absolute atomic E-state index is 11.7. The van der Waals surface area contributed by atoms with E-state index in [-0.39, 0.29) is 5.92 Å². The molecule has 0 amide bonds. The molecule has 2 atom stereocenters. The molecule has 96 valence electrons. The highest BCUT2D eigenvalue weighted by atomic mass is 35.5. The molecular formula is C14H15Cl2NO. The summed E-state index contributed by atoms with van der Waals surface area (Å²) in [5.74, 6) is 0.717. The Balaban J connectivity index is 1.73. The number of hydrogen-bond acceptors (Lipinski definition) is 2. The zero-order chi connectivity index (χ0) is 12.7. The number of nitrogens with zero attached hydrogens (tertiary/aromatic N) is 1. The Morgan fingerprint density at radius 3 is 2.67 bits per heavy atom. The lowest BCUT2D eigenvalue weighted by Gasteiger charge is -2.44. The van der Waals surface area contributed by atoms with Gasteiger partial charge in [0.05, 0.1) is 10.0 Å². The third-order valence-electron chi connectivity index (χ3n) is 4.08. The van der Waals surface area contributed by atoms with E-state index in [1.54, 1.807) is 0 Å². The molecule has 3 fully saturated rings. The summed E-state index contributed by atoms with van der Waals surface area (Å²) in [7, 11) is 0. The molecular weight excluding hydrogens is 269 g/mol. The Labute approximate surface area is 117 Å². The van der Waals surface area contributed by atoms with Crippen LogP contribution in [0, 0.1) is 5.92 Å². The third-order valence-corrected chi connectivity index (χ3v) is 4.82. The summed E-state index contributed by atoms with van der Waals surface area (Å²) < 4.78 is 0. The molecule has 1 aromatic rings. The average Bonchev–Trinajstić information content (AvgIpc) is 2.35. The van der Waals surface area contributed by atoms with Gasteiger partial charge in [-0.05, 0) is 30.5 Å². The maximum Gasteiger partial charge on any atom is 0.138 e. The van der Waals surface area contributed by atoms with E-state index >= 15 is 0 Å². The summed E-state index contributed by atoms with van der Waals surface area (Å²) in [5, 5.41) is 1.20. The molecule has 2 aliphatic heterocycles. The van der Waals surface area contributed by atoms with Crippen LogP contribution in [0.1, 0.15) is 24.8 Å². The van der Waals surface area contributed by atoms with Crippen molar-refractivity contribution in [3.8, 4) is 0 Å². The summed E-state index contributed by atoms with van der Waals surface area (Å²) in [6.07, 6.45) is 2.95. The molecule has 1 aromatic carbocycles. The van der Waals surface area contributed by atoms with E-state index in [2.05, 4.69) is 4.90 Å². The summed E-state index contributed by atoms with van der Waals surface area (Å²) in [5.41, 5.74) is 1.17. The molecule has 2 heterocycles. The van der Waals surface area contributed by atoms with E-state index in [0.29, 0.717) is 21.9 Å². The van der Waals surface area contributed by atoms with Gasteiger partial charge in [0.1, 0.15) is 5.78 Å². The van der Waals surface area contributed by atoms with Crippen molar-refractivity contribution in [3.63, 3.8) is 0 Å². The van der Waals surface area contributed by atoms with Crippen molar-refractivity contribution in [1.29, 1.82) is 0 Å². The number of fused-ring (bicyclic) bond motifs is 3. The van der Waals surface area contributed by atoms with Crippen LogP contribution >= 0.6 is 23.2 Å². The number of rotatable bonds is 2. The van der Waals surface area contributed by atoms with E-state index in [9.17, 15) is 4.79 Å². The van der Waals surface area contributed by atoms with Gasteiger partial charge >= 0.3 is 0 Å². The van der Waals surface area contributed by atoms with Crippen LogP contribution in [0.5, 0.6) is 0 Å². The number of ketones is 1. The van der Waals surface area contributed by atoms with Crippen LogP contribution < -0.4 is 0 Å². The molecule has 2 bridgehead atoms. The van der Waals surface area contributed by atoms with Crippen LogP contribution in [-0.4, -0.2) is 23.3 Å². The Kier molecular flexibility index (Phi) is 3.35. The number of hydrogen-bond donors (Lipinski definition) is 0. The predicted octanol–water partition coefficient (Wildman–Crippen LogP) is 3.55. The zero-order valence-corrected chi connectivity index (χ0v) is 11.5. The summed E-state index contributed by atoms with van der Waals surface area (Å²) >= 11 is 11.9. The third kappa shape index (κ3) is 2.29. The molecule has 0 N–H and O–H groups in total. The Morgan fingerprint density at radius 1 is 1.22 bits per heavy atom. The molecule has 0 spiro atoms. The minimum Gasteiger partial charge on any atom is -0.299 e. The van der Waals surface area contributed by atoms with Crippen molar-refractivity contribution < 1.29 is 4.79 Å². The van der Waals surface area contributed by atoms with Gasteiger partial charge in [-0.3, -0.25) is 9.69 Å². The van der Waals surface area contributed by atoms with Crippen LogP contribution in [0.4, 0.5) is 0 Å². The first-order valence-electron chi connectivity index (χ1n) is 6.34. The molecule has 2 nitrogen and oxygen atoms in total. The largest absolute Gasteiger partial charge is 0.299 e. The minimum atomic E-state index is 0.262. The number of benzene rings is 1. The lowest BCUT2D eigenvalue weighted by atomic mass is 9.79. The first-order valence-corrected chi connectivity index (χ1v) is 7.10. The standard InChI is InChI=1S/C14H15Cl2NO/c15-12-4-1-9(5-13(12)16)7-17-8-10-2-3-11(17)6-14(10)18/h1,4-5,10-11H,2-3,6-8H2. The van der Waals surface area contributed by atoms with Crippen LogP contribution in [0.2, 0.25) is 10.0 Å². The van der Waals surface area contributed by atoms with Crippen LogP contribution in [-0.2, 0) is 11.3 Å². The second kappa shape index (κ2) is 4.84. The fraction of sp³-hybridized carbons (Fsp3) is 0.500. The molecule has 0 aromatic heterocycles. The van der Waals surface area contributed by atoms with Gasteiger partial charge in [0, 0.05) is 31.5 Å². The highest BCUT2D eigenvalue weighted by molar-refractivity contribution is 6.42. The quantitative estimate of drug-likeness (QED) is 0.827. The summed E-state index contributed by atoms with van der Waals surface area (Å²) in [6.45, 7) is 1.77. The highest BCUT2D eigenvalue weighted by Crippen LogP contribution is 2.34. The number of piperidine rings is 2. The molecule has 2 saturated heterocycles. The predicted molar refractivity (Wildman–Crippen MR) is 73.0 cm³/mol. The number of halogens is 2. The summed E-state index contributed by atoms with van der Waals surface area (Å²) in [6, 6.07) is 6.20. The Bertz CT molecular complexity index is 489. The second-order valence-electron chi connectivity index (χ2n) is 5.28. The van der Waals surface area contributed by atoms with Gasteiger partial charge in [0.2, 0.25) is 0 Å². The van der Waals surface area contributed by atoms with Crippen molar-refractivity contribution in [2.45, 2.75) is 31.8 Å². The van der Waals surface area contributed by atoms with E-state index in [0.717, 1.165) is 32.4 Å². The highest BCUT2D eigenvalue weighted by Gasteiger charge is 2.38. The first kappa shape index (κ1) is 12.5. The van der Waals surface area contributed by atoms with Crippen molar-refractivity contribution >= 4 is 29.0 Å². The van der Waals surface area contributed by atoms with Gasteiger partial charge in [0.15, 0.2) is 0 Å². The molecule has 4 heteroatoms. The molecule has 3 aliphatic rings. The molecule has 0 radical (unpaired) electrons. The van der Waals surface area contributed by atoms with E-state index in [1.165, 1.54) is 5.56 Å². The average molecular weight is 284 g/mol. The SMILES string of the molecule is O=C1CC2CCC1CN2Cc1ccc(Cl)c(Cl)c1. The van der Waals surface area contributed by atoms with Crippen LogP contribution in [0.15, 0.2) is 18.2 Å². The number of carbonyl (C=O) groups excluding carboxylic acids is 1. The minimum absolute atomic E-state index is 0.262. The second-order valence-corrected chi connectivity index (χ2v) is 6.09. The van der Waals surface area contributed by atoms with E-state index < -0.39 is 0 Å². The fourth-order valence-electron chi connectivity index (χ4n) is 3.06. The molecule has 1 saturated carbocycles. The topological polar surface area (TPSA) is 20.3 Å². The Hall–Kier alpha value is -0.570. The van der Waals surface area contributed by atoms with Crippen molar-refractivity contribution in [2.75, 3.05) is 6.54 Å². The van der Waals surface area contributed by atoms with Crippen LogP contribution in [0.25, 0.3) is 0 Å².